The Morgan fingerprint density at radius 2 is 2.09 bits per heavy atom. The quantitative estimate of drug-likeness (QED) is 0.711. The van der Waals surface area contributed by atoms with Gasteiger partial charge in [-0.3, -0.25) is 4.98 Å². The molecule has 3 rings (SSSR count). The molecule has 0 spiro atoms. The normalized spacial score (nSPS) is 14.0. The molecule has 3 aromatic rings. The maximum Gasteiger partial charge on any atom is 0.141 e. The molecule has 120 valence electrons. The smallest absolute Gasteiger partial charge is 0.141 e. The zero-order valence-electron chi connectivity index (χ0n) is 12.9. The fourth-order valence-corrected chi connectivity index (χ4v) is 3.62. The molecule has 0 aliphatic rings. The number of benzene rings is 1. The lowest BCUT2D eigenvalue weighted by Gasteiger charge is -2.18. The molecule has 2 unspecified atom stereocenters. The summed E-state index contributed by atoms with van der Waals surface area (Å²) in [5.41, 5.74) is 0.789. The Balaban J connectivity index is 1.67. The van der Waals surface area contributed by atoms with E-state index in [1.165, 1.54) is 17.0 Å². The minimum absolute atomic E-state index is 0.000344. The summed E-state index contributed by atoms with van der Waals surface area (Å²) in [6, 6.07) is 13.2. The van der Waals surface area contributed by atoms with Gasteiger partial charge < -0.3 is 10.4 Å². The van der Waals surface area contributed by atoms with Crippen LogP contribution in [-0.4, -0.2) is 16.6 Å². The average molecular weight is 330 g/mol. The van der Waals surface area contributed by atoms with Crippen molar-refractivity contribution in [3.05, 3.63) is 65.0 Å². The molecular formula is C18H19FN2OS. The van der Waals surface area contributed by atoms with Crippen LogP contribution in [0.5, 0.6) is 0 Å². The van der Waals surface area contributed by atoms with Crippen molar-refractivity contribution in [1.29, 1.82) is 0 Å². The molecule has 0 fully saturated rings. The van der Waals surface area contributed by atoms with E-state index < -0.39 is 6.10 Å². The van der Waals surface area contributed by atoms with E-state index in [-0.39, 0.29) is 11.9 Å². The van der Waals surface area contributed by atoms with Crippen LogP contribution < -0.4 is 5.32 Å². The summed E-state index contributed by atoms with van der Waals surface area (Å²) in [6.45, 7) is 2.47. The summed E-state index contributed by atoms with van der Waals surface area (Å²) in [7, 11) is 0. The summed E-state index contributed by atoms with van der Waals surface area (Å²) in [5.74, 6) is -0.339. The topological polar surface area (TPSA) is 45.1 Å². The van der Waals surface area contributed by atoms with Gasteiger partial charge in [0, 0.05) is 22.2 Å². The second kappa shape index (κ2) is 7.17. The summed E-state index contributed by atoms with van der Waals surface area (Å²) < 4.78 is 14.1. The molecule has 2 heterocycles. The number of aromatic nitrogens is 1. The predicted molar refractivity (Wildman–Crippen MR) is 92.0 cm³/mol. The fourth-order valence-electron chi connectivity index (χ4n) is 2.57. The molecule has 0 radical (unpaired) electrons. The van der Waals surface area contributed by atoms with Crippen molar-refractivity contribution in [2.24, 2.45) is 0 Å². The van der Waals surface area contributed by atoms with Crippen LogP contribution in [-0.2, 0) is 0 Å². The monoisotopic (exact) mass is 330 g/mol. The van der Waals surface area contributed by atoms with Crippen molar-refractivity contribution in [1.82, 2.24) is 10.3 Å². The molecular weight excluding hydrogens is 311 g/mol. The van der Waals surface area contributed by atoms with Gasteiger partial charge in [-0.1, -0.05) is 25.1 Å². The molecule has 0 amide bonds. The third-order valence-corrected chi connectivity index (χ3v) is 5.06. The van der Waals surface area contributed by atoms with Gasteiger partial charge in [-0.25, -0.2) is 4.39 Å². The molecule has 3 nitrogen and oxygen atoms in total. The first-order chi connectivity index (χ1) is 11.2. The molecule has 1 aromatic carbocycles. The van der Waals surface area contributed by atoms with E-state index in [0.717, 1.165) is 22.4 Å². The standard InChI is InChI=1S/C18H19FN2OS/c1-2-14(15-8-7-13(19)10-20-15)21-11-16(22)18-9-12-5-3-4-6-17(12)23-18/h3-10,14,16,21-22H,2,11H2,1H3. The number of aliphatic hydroxyl groups excluding tert-OH is 1. The Morgan fingerprint density at radius 3 is 2.78 bits per heavy atom. The Bertz CT molecular complexity index is 739. The lowest BCUT2D eigenvalue weighted by atomic mass is 10.1. The van der Waals surface area contributed by atoms with Crippen molar-refractivity contribution in [3.8, 4) is 0 Å². The number of aliphatic hydroxyl groups is 1. The molecule has 0 aliphatic heterocycles. The molecule has 2 N–H and O–H groups in total. The molecule has 23 heavy (non-hydrogen) atoms. The van der Waals surface area contributed by atoms with Gasteiger partial charge in [0.2, 0.25) is 0 Å². The van der Waals surface area contributed by atoms with Gasteiger partial charge in [-0.05, 0) is 36.1 Å². The van der Waals surface area contributed by atoms with Crippen LogP contribution in [0.25, 0.3) is 10.1 Å². The van der Waals surface area contributed by atoms with Crippen LogP contribution >= 0.6 is 11.3 Å². The third kappa shape index (κ3) is 3.75. The first kappa shape index (κ1) is 16.1. The minimum atomic E-state index is -0.568. The van der Waals surface area contributed by atoms with Crippen LogP contribution in [0.3, 0.4) is 0 Å². The van der Waals surface area contributed by atoms with Gasteiger partial charge >= 0.3 is 0 Å². The van der Waals surface area contributed by atoms with Crippen LogP contribution in [0, 0.1) is 5.82 Å². The number of halogens is 1. The highest BCUT2D eigenvalue weighted by molar-refractivity contribution is 7.19. The van der Waals surface area contributed by atoms with E-state index in [1.807, 2.05) is 31.2 Å². The number of rotatable bonds is 6. The van der Waals surface area contributed by atoms with E-state index in [4.69, 9.17) is 0 Å². The Kier molecular flexibility index (Phi) is 5.00. The molecule has 5 heteroatoms. The number of hydrogen-bond acceptors (Lipinski definition) is 4. The van der Waals surface area contributed by atoms with Crippen LogP contribution in [0.2, 0.25) is 0 Å². The maximum absolute atomic E-state index is 13.0. The molecule has 2 atom stereocenters. The van der Waals surface area contributed by atoms with Crippen molar-refractivity contribution >= 4 is 21.4 Å². The fraction of sp³-hybridized carbons (Fsp3) is 0.278. The second-order valence-corrected chi connectivity index (χ2v) is 6.59. The number of fused-ring (bicyclic) bond motifs is 1. The van der Waals surface area contributed by atoms with E-state index in [2.05, 4.69) is 16.4 Å². The molecule has 0 saturated heterocycles. The van der Waals surface area contributed by atoms with Crippen LogP contribution in [0.15, 0.2) is 48.7 Å². The Hall–Kier alpha value is -1.82. The number of thiophene rings is 1. The highest BCUT2D eigenvalue weighted by Gasteiger charge is 2.15. The molecule has 2 aromatic heterocycles. The lowest BCUT2D eigenvalue weighted by Crippen LogP contribution is -2.26. The van der Waals surface area contributed by atoms with Crippen molar-refractivity contribution in [3.63, 3.8) is 0 Å². The zero-order chi connectivity index (χ0) is 16.2. The predicted octanol–water partition coefficient (Wildman–Crippen LogP) is 4.21. The first-order valence-electron chi connectivity index (χ1n) is 7.68. The van der Waals surface area contributed by atoms with Gasteiger partial charge in [0.25, 0.3) is 0 Å². The molecule has 0 saturated carbocycles. The first-order valence-corrected chi connectivity index (χ1v) is 8.50. The van der Waals surface area contributed by atoms with Gasteiger partial charge in [-0.2, -0.15) is 0 Å². The van der Waals surface area contributed by atoms with Crippen LogP contribution in [0.1, 0.15) is 36.1 Å². The van der Waals surface area contributed by atoms with Crippen molar-refractivity contribution in [2.45, 2.75) is 25.5 Å². The SMILES string of the molecule is CCC(NCC(O)c1cc2ccccc2s1)c1ccc(F)cn1. The van der Waals surface area contributed by atoms with E-state index >= 15 is 0 Å². The largest absolute Gasteiger partial charge is 0.386 e. The van der Waals surface area contributed by atoms with Gasteiger partial charge in [0.15, 0.2) is 0 Å². The van der Waals surface area contributed by atoms with E-state index in [0.29, 0.717) is 6.54 Å². The Morgan fingerprint density at radius 1 is 1.26 bits per heavy atom. The summed E-state index contributed by atoms with van der Waals surface area (Å²) in [5, 5.41) is 14.9. The minimum Gasteiger partial charge on any atom is -0.386 e. The molecule has 0 bridgehead atoms. The molecule has 0 aliphatic carbocycles. The number of nitrogens with one attached hydrogen (secondary N) is 1. The van der Waals surface area contributed by atoms with E-state index in [9.17, 15) is 9.50 Å². The average Bonchev–Trinajstić information content (AvgIpc) is 3.01. The highest BCUT2D eigenvalue weighted by atomic mass is 32.1. The van der Waals surface area contributed by atoms with Crippen LogP contribution in [0.4, 0.5) is 4.39 Å². The number of hydrogen-bond donors (Lipinski definition) is 2. The maximum atomic E-state index is 13.0. The summed E-state index contributed by atoms with van der Waals surface area (Å²) in [6.07, 6.45) is 1.47. The van der Waals surface area contributed by atoms with E-state index in [1.54, 1.807) is 17.4 Å². The van der Waals surface area contributed by atoms with Gasteiger partial charge in [0.1, 0.15) is 11.9 Å². The second-order valence-electron chi connectivity index (χ2n) is 5.47. The van der Waals surface area contributed by atoms with Gasteiger partial charge in [-0.15, -0.1) is 11.3 Å². The number of nitrogens with zero attached hydrogens (tertiary/aromatic N) is 1. The van der Waals surface area contributed by atoms with Crippen molar-refractivity contribution < 1.29 is 9.50 Å². The Labute approximate surface area is 138 Å². The lowest BCUT2D eigenvalue weighted by molar-refractivity contribution is 0.172. The highest BCUT2D eigenvalue weighted by Crippen LogP contribution is 2.29. The third-order valence-electron chi connectivity index (χ3n) is 3.85. The zero-order valence-corrected chi connectivity index (χ0v) is 13.7. The number of pyridine rings is 1. The summed E-state index contributed by atoms with van der Waals surface area (Å²) >= 11 is 1.61. The summed E-state index contributed by atoms with van der Waals surface area (Å²) in [4.78, 5) is 5.06. The van der Waals surface area contributed by atoms with Gasteiger partial charge in [0.05, 0.1) is 11.9 Å². The van der Waals surface area contributed by atoms with Crippen molar-refractivity contribution in [2.75, 3.05) is 6.54 Å².